The Balaban J connectivity index is 1.41. The number of aliphatic hydroxyl groups excluding tert-OH is 3. The van der Waals surface area contributed by atoms with Gasteiger partial charge in [-0.05, 0) is 48.0 Å². The summed E-state index contributed by atoms with van der Waals surface area (Å²) in [6.07, 6.45) is -6.57. The van der Waals surface area contributed by atoms with Gasteiger partial charge in [-0.1, -0.05) is 6.07 Å². The summed E-state index contributed by atoms with van der Waals surface area (Å²) in [5.41, 5.74) is -0.608. The first-order chi connectivity index (χ1) is 20.9. The molecular formula is C30H26O14. The molecule has 8 N–H and O–H groups in total. The van der Waals surface area contributed by atoms with E-state index in [4.69, 9.17) is 18.6 Å². The van der Waals surface area contributed by atoms with Crippen LogP contribution in [0.4, 0.5) is 0 Å². The molecule has 0 radical (unpaired) electrons. The number of hydrogen-bond donors (Lipinski definition) is 8. The first kappa shape index (κ1) is 30.2. The minimum Gasteiger partial charge on any atom is -0.508 e. The van der Waals surface area contributed by atoms with Crippen molar-refractivity contribution in [3.63, 3.8) is 0 Å². The normalized spacial score (nSPS) is 21.8. The highest BCUT2D eigenvalue weighted by atomic mass is 16.7. The van der Waals surface area contributed by atoms with Crippen molar-refractivity contribution in [2.45, 2.75) is 30.7 Å². The molecule has 0 amide bonds. The van der Waals surface area contributed by atoms with Crippen LogP contribution in [0.2, 0.25) is 0 Å². The Morgan fingerprint density at radius 2 is 1.55 bits per heavy atom. The summed E-state index contributed by atoms with van der Waals surface area (Å²) in [4.78, 5) is 25.8. The molecule has 1 aromatic heterocycles. The second-order valence-corrected chi connectivity index (χ2v) is 9.82. The van der Waals surface area contributed by atoms with E-state index in [0.717, 1.165) is 18.2 Å². The van der Waals surface area contributed by atoms with Gasteiger partial charge < -0.3 is 59.5 Å². The van der Waals surface area contributed by atoms with Crippen LogP contribution in [0.15, 0.2) is 69.9 Å². The van der Waals surface area contributed by atoms with Gasteiger partial charge in [0.25, 0.3) is 0 Å². The van der Waals surface area contributed by atoms with Gasteiger partial charge in [-0.3, -0.25) is 4.79 Å². The first-order valence-corrected chi connectivity index (χ1v) is 13.0. The van der Waals surface area contributed by atoms with Gasteiger partial charge in [0.1, 0.15) is 59.2 Å². The number of rotatable bonds is 7. The molecule has 14 heteroatoms. The van der Waals surface area contributed by atoms with Crippen molar-refractivity contribution in [1.82, 2.24) is 0 Å². The smallest absolute Gasteiger partial charge is 0.330 e. The average Bonchev–Trinajstić information content (AvgIpc) is 2.98. The lowest BCUT2D eigenvalue weighted by atomic mass is 9.99. The second-order valence-electron chi connectivity index (χ2n) is 9.82. The lowest BCUT2D eigenvalue weighted by Crippen LogP contribution is -2.60. The third-order valence-electron chi connectivity index (χ3n) is 6.75. The fraction of sp³-hybridized carbons (Fsp3) is 0.200. The van der Waals surface area contributed by atoms with E-state index in [-0.39, 0.29) is 33.8 Å². The molecule has 4 aromatic rings. The van der Waals surface area contributed by atoms with E-state index in [1.54, 1.807) is 0 Å². The molecule has 1 aliphatic rings. The molecule has 14 nitrogen and oxygen atoms in total. The van der Waals surface area contributed by atoms with Crippen LogP contribution in [0.1, 0.15) is 5.56 Å². The van der Waals surface area contributed by atoms with Crippen LogP contribution >= 0.6 is 0 Å². The summed E-state index contributed by atoms with van der Waals surface area (Å²) in [7, 11) is 0. The number of benzene rings is 3. The number of fused-ring (bicyclic) bond motifs is 1. The maximum absolute atomic E-state index is 13.5. The molecule has 230 valence electrons. The number of esters is 1. The molecule has 0 bridgehead atoms. The number of phenolic OH excluding ortho intramolecular Hbond substituents is 5. The molecule has 0 spiro atoms. The Hall–Kier alpha value is -5.28. The summed E-state index contributed by atoms with van der Waals surface area (Å²) < 4.78 is 22.2. The lowest BCUT2D eigenvalue weighted by molar-refractivity contribution is -0.278. The quantitative estimate of drug-likeness (QED) is 0.0840. The van der Waals surface area contributed by atoms with Gasteiger partial charge >= 0.3 is 5.97 Å². The monoisotopic (exact) mass is 610 g/mol. The summed E-state index contributed by atoms with van der Waals surface area (Å²) in [6.45, 7) is -0.633. The SMILES string of the molecule is O=C(C=Cc1ccc(O)c(O)c1)OC[C@H]1O[C@@H](Oc2c(-c3ccc(O)cc3)oc3cc(O)cc(O)c3c2=O)[C@H](O)[C@@H](O)[C@@H]1O. The molecule has 3 aromatic carbocycles. The zero-order chi connectivity index (χ0) is 31.7. The highest BCUT2D eigenvalue weighted by Gasteiger charge is 2.46. The summed E-state index contributed by atoms with van der Waals surface area (Å²) >= 11 is 0. The van der Waals surface area contributed by atoms with Crippen LogP contribution in [0.5, 0.6) is 34.5 Å². The first-order valence-electron chi connectivity index (χ1n) is 13.0. The van der Waals surface area contributed by atoms with E-state index in [0.29, 0.717) is 5.56 Å². The summed E-state index contributed by atoms with van der Waals surface area (Å²) in [5, 5.41) is 80.2. The third-order valence-corrected chi connectivity index (χ3v) is 6.75. The Labute approximate surface area is 247 Å². The summed E-state index contributed by atoms with van der Waals surface area (Å²) in [5.74, 6) is -3.65. The number of phenols is 5. The van der Waals surface area contributed by atoms with Gasteiger partial charge in [0.05, 0.1) is 0 Å². The van der Waals surface area contributed by atoms with E-state index in [1.165, 1.54) is 48.5 Å². The molecule has 2 heterocycles. The molecule has 1 saturated heterocycles. The lowest BCUT2D eigenvalue weighted by Gasteiger charge is -2.39. The number of carbonyl (C=O) groups excluding carboxylic acids is 1. The van der Waals surface area contributed by atoms with E-state index >= 15 is 0 Å². The van der Waals surface area contributed by atoms with Gasteiger partial charge in [-0.25, -0.2) is 4.79 Å². The van der Waals surface area contributed by atoms with Crippen LogP contribution < -0.4 is 10.2 Å². The minimum absolute atomic E-state index is 0.105. The zero-order valence-corrected chi connectivity index (χ0v) is 22.5. The van der Waals surface area contributed by atoms with Crippen molar-refractivity contribution in [2.24, 2.45) is 0 Å². The minimum atomic E-state index is -1.92. The largest absolute Gasteiger partial charge is 0.508 e. The van der Waals surface area contributed by atoms with E-state index in [1.807, 2.05) is 0 Å². The molecule has 0 saturated carbocycles. The van der Waals surface area contributed by atoms with Crippen LogP contribution in [0.25, 0.3) is 28.4 Å². The van der Waals surface area contributed by atoms with Crippen LogP contribution in [0, 0.1) is 0 Å². The molecule has 5 atom stereocenters. The van der Waals surface area contributed by atoms with Crippen molar-refractivity contribution < 1.29 is 64.3 Å². The van der Waals surface area contributed by atoms with Gasteiger partial charge in [0.2, 0.25) is 17.5 Å². The van der Waals surface area contributed by atoms with Gasteiger partial charge in [-0.2, -0.15) is 0 Å². The summed E-state index contributed by atoms with van der Waals surface area (Å²) in [6, 6.07) is 11.2. The topological polar surface area (TPSA) is 237 Å². The van der Waals surface area contributed by atoms with Crippen molar-refractivity contribution in [1.29, 1.82) is 0 Å². The molecular weight excluding hydrogens is 584 g/mol. The van der Waals surface area contributed by atoms with Crippen molar-refractivity contribution in [2.75, 3.05) is 6.61 Å². The number of hydrogen-bond acceptors (Lipinski definition) is 14. The fourth-order valence-electron chi connectivity index (χ4n) is 4.47. The van der Waals surface area contributed by atoms with E-state index in [2.05, 4.69) is 0 Å². The zero-order valence-electron chi connectivity index (χ0n) is 22.5. The van der Waals surface area contributed by atoms with E-state index < -0.39 is 71.7 Å². The molecule has 1 fully saturated rings. The second kappa shape index (κ2) is 12.1. The molecule has 0 aliphatic carbocycles. The predicted molar refractivity (Wildman–Crippen MR) is 150 cm³/mol. The Morgan fingerprint density at radius 1 is 0.818 bits per heavy atom. The Kier molecular flexibility index (Phi) is 8.33. The number of aromatic hydroxyl groups is 5. The highest BCUT2D eigenvalue weighted by Crippen LogP contribution is 2.37. The van der Waals surface area contributed by atoms with Gasteiger partial charge in [0.15, 0.2) is 17.3 Å². The Bertz CT molecular complexity index is 1780. The van der Waals surface area contributed by atoms with Crippen molar-refractivity contribution in [3.05, 3.63) is 76.5 Å². The van der Waals surface area contributed by atoms with Crippen LogP contribution in [0.3, 0.4) is 0 Å². The third kappa shape index (κ3) is 6.09. The average molecular weight is 611 g/mol. The standard InChI is InChI=1S/C30H26O14/c31-15-5-3-14(4-6-15)28-29(25(38)23-19(35)10-16(32)11-20(23)42-28)44-30-27(40)26(39)24(37)21(43-30)12-41-22(36)8-2-13-1-7-17(33)18(34)9-13/h1-11,21,24,26-27,30-35,37,39-40H,12H2/t21-,24-,26+,27-,30+/m1/s1. The number of aliphatic hydroxyl groups is 3. The number of ether oxygens (including phenoxy) is 3. The molecule has 5 rings (SSSR count). The van der Waals surface area contributed by atoms with Crippen molar-refractivity contribution >= 4 is 23.0 Å². The Morgan fingerprint density at radius 3 is 2.25 bits per heavy atom. The maximum atomic E-state index is 13.5. The van der Waals surface area contributed by atoms with Gasteiger partial charge in [0, 0.05) is 23.8 Å². The molecule has 44 heavy (non-hydrogen) atoms. The van der Waals surface area contributed by atoms with Crippen molar-refractivity contribution in [3.8, 4) is 45.8 Å². The van der Waals surface area contributed by atoms with Crippen LogP contribution in [-0.4, -0.2) is 84.1 Å². The molecule has 1 aliphatic heterocycles. The maximum Gasteiger partial charge on any atom is 0.330 e. The fourth-order valence-corrected chi connectivity index (χ4v) is 4.47. The van der Waals surface area contributed by atoms with E-state index in [9.17, 15) is 50.4 Å². The highest BCUT2D eigenvalue weighted by molar-refractivity contribution is 5.88. The predicted octanol–water partition coefficient (Wildman–Crippen LogP) is 1.43. The van der Waals surface area contributed by atoms with Gasteiger partial charge in [-0.15, -0.1) is 0 Å². The van der Waals surface area contributed by atoms with Crippen LogP contribution in [-0.2, 0) is 14.3 Å². The molecule has 0 unspecified atom stereocenters. The number of carbonyl (C=O) groups is 1.